The third kappa shape index (κ3) is 1.79. The van der Waals surface area contributed by atoms with Gasteiger partial charge in [-0.2, -0.15) is 4.39 Å². The van der Waals surface area contributed by atoms with Gasteiger partial charge < -0.3 is 10.1 Å². The number of cyclic esters (lactones) is 1. The van der Waals surface area contributed by atoms with Crippen molar-refractivity contribution < 1.29 is 18.8 Å². The number of nitro benzene ring substituents is 1. The predicted octanol–water partition coefficient (Wildman–Crippen LogP) is 1.51. The van der Waals surface area contributed by atoms with E-state index in [1.165, 1.54) is 6.07 Å². The van der Waals surface area contributed by atoms with E-state index in [2.05, 4.69) is 10.1 Å². The maximum absolute atomic E-state index is 13.0. The summed E-state index contributed by atoms with van der Waals surface area (Å²) in [6, 6.07) is 3.00. The van der Waals surface area contributed by atoms with Gasteiger partial charge in [-0.25, -0.2) is 4.79 Å². The Kier molecular flexibility index (Phi) is 2.43. The average Bonchev–Trinajstić information content (AvgIpc) is 2.65. The van der Waals surface area contributed by atoms with Gasteiger partial charge in [0.2, 0.25) is 5.82 Å². The smallest absolute Gasteiger partial charge is 0.407 e. The Hall–Kier alpha value is -2.18. The number of hydrogen-bond acceptors (Lipinski definition) is 4. The standard InChI is InChI=1S/C9H7FN2O4/c10-6-2-1-5(3-8(6)12(14)15)7-4-16-9(13)11-7/h1-3,7H,4H2,(H,11,13)/t7-/m0/s1. The van der Waals surface area contributed by atoms with Crippen molar-refractivity contribution in [1.82, 2.24) is 5.32 Å². The minimum atomic E-state index is -0.904. The van der Waals surface area contributed by atoms with Gasteiger partial charge in [0.1, 0.15) is 6.61 Å². The predicted molar refractivity (Wildman–Crippen MR) is 50.3 cm³/mol. The first-order chi connectivity index (χ1) is 7.58. The normalized spacial score (nSPS) is 19.1. The van der Waals surface area contributed by atoms with E-state index < -0.39 is 28.6 Å². The summed E-state index contributed by atoms with van der Waals surface area (Å²) >= 11 is 0. The fraction of sp³-hybridized carbons (Fsp3) is 0.222. The molecule has 1 aromatic rings. The van der Waals surface area contributed by atoms with Crippen molar-refractivity contribution in [1.29, 1.82) is 0 Å². The monoisotopic (exact) mass is 226 g/mol. The molecule has 0 spiro atoms. The van der Waals surface area contributed by atoms with E-state index in [4.69, 9.17) is 0 Å². The number of nitro groups is 1. The van der Waals surface area contributed by atoms with Crippen LogP contribution < -0.4 is 5.32 Å². The van der Waals surface area contributed by atoms with Gasteiger partial charge in [0, 0.05) is 6.07 Å². The first-order valence-electron chi connectivity index (χ1n) is 4.45. The van der Waals surface area contributed by atoms with Crippen LogP contribution in [0.15, 0.2) is 18.2 Å². The highest BCUT2D eigenvalue weighted by Gasteiger charge is 2.26. The molecule has 2 rings (SSSR count). The summed E-state index contributed by atoms with van der Waals surface area (Å²) in [5.74, 6) is -0.904. The Labute approximate surface area is 89.2 Å². The zero-order chi connectivity index (χ0) is 11.7. The lowest BCUT2D eigenvalue weighted by Gasteiger charge is -2.06. The van der Waals surface area contributed by atoms with Crippen molar-refractivity contribution in [2.45, 2.75) is 6.04 Å². The second-order valence-electron chi connectivity index (χ2n) is 3.26. The van der Waals surface area contributed by atoms with Crippen LogP contribution in [0.3, 0.4) is 0 Å². The molecule has 1 atom stereocenters. The zero-order valence-corrected chi connectivity index (χ0v) is 7.97. The number of alkyl carbamates (subject to hydrolysis) is 1. The van der Waals surface area contributed by atoms with Gasteiger partial charge in [-0.1, -0.05) is 6.07 Å². The molecule has 1 aliphatic heterocycles. The van der Waals surface area contributed by atoms with Crippen LogP contribution in [0.1, 0.15) is 11.6 Å². The molecule has 1 N–H and O–H groups in total. The number of ether oxygens (including phenoxy) is 1. The van der Waals surface area contributed by atoms with Gasteiger partial charge in [0.05, 0.1) is 11.0 Å². The third-order valence-corrected chi connectivity index (χ3v) is 2.24. The lowest BCUT2D eigenvalue weighted by Crippen LogP contribution is -2.18. The van der Waals surface area contributed by atoms with Crippen LogP contribution in [0.5, 0.6) is 0 Å². The summed E-state index contributed by atoms with van der Waals surface area (Å²) in [5, 5.41) is 12.9. The van der Waals surface area contributed by atoms with Crippen molar-refractivity contribution in [3.8, 4) is 0 Å². The summed E-state index contributed by atoms with van der Waals surface area (Å²) in [4.78, 5) is 20.5. The zero-order valence-electron chi connectivity index (χ0n) is 7.97. The first kappa shape index (κ1) is 10.3. The first-order valence-corrected chi connectivity index (χ1v) is 4.45. The van der Waals surface area contributed by atoms with Gasteiger partial charge in [-0.05, 0) is 11.6 Å². The number of benzene rings is 1. The molecule has 84 valence electrons. The number of nitrogens with one attached hydrogen (secondary N) is 1. The van der Waals surface area contributed by atoms with Gasteiger partial charge in [0.25, 0.3) is 0 Å². The van der Waals surface area contributed by atoms with Crippen LogP contribution in [0, 0.1) is 15.9 Å². The van der Waals surface area contributed by atoms with Crippen LogP contribution in [0.2, 0.25) is 0 Å². The molecule has 0 radical (unpaired) electrons. The van der Waals surface area contributed by atoms with Crippen LogP contribution in [0.25, 0.3) is 0 Å². The number of nitrogens with zero attached hydrogens (tertiary/aromatic N) is 1. The van der Waals surface area contributed by atoms with Crippen LogP contribution in [-0.2, 0) is 4.74 Å². The molecule has 0 bridgehead atoms. The Bertz CT molecular complexity index is 463. The minimum Gasteiger partial charge on any atom is -0.447 e. The number of amides is 1. The summed E-state index contributed by atoms with van der Waals surface area (Å²) in [5.41, 5.74) is -0.169. The molecule has 1 heterocycles. The van der Waals surface area contributed by atoms with Crippen molar-refractivity contribution in [3.63, 3.8) is 0 Å². The second kappa shape index (κ2) is 3.76. The van der Waals surface area contributed by atoms with Crippen molar-refractivity contribution in [3.05, 3.63) is 39.7 Å². The number of halogens is 1. The summed E-state index contributed by atoms with van der Waals surface area (Å²) in [7, 11) is 0. The lowest BCUT2D eigenvalue weighted by molar-refractivity contribution is -0.387. The Morgan fingerprint density at radius 2 is 2.31 bits per heavy atom. The van der Waals surface area contributed by atoms with Crippen molar-refractivity contribution in [2.24, 2.45) is 0 Å². The molecule has 1 amide bonds. The molecule has 1 aliphatic rings. The SMILES string of the molecule is O=C1N[C@H](c2ccc(F)c([N+](=O)[O-])c2)CO1. The molecular weight excluding hydrogens is 219 g/mol. The molecule has 0 saturated carbocycles. The van der Waals surface area contributed by atoms with Crippen molar-refractivity contribution >= 4 is 11.8 Å². The highest BCUT2D eigenvalue weighted by Crippen LogP contribution is 2.24. The molecule has 0 unspecified atom stereocenters. The fourth-order valence-corrected chi connectivity index (χ4v) is 1.45. The fourth-order valence-electron chi connectivity index (χ4n) is 1.45. The quantitative estimate of drug-likeness (QED) is 0.612. The minimum absolute atomic E-state index is 0.0849. The molecule has 1 saturated heterocycles. The lowest BCUT2D eigenvalue weighted by atomic mass is 10.1. The van der Waals surface area contributed by atoms with Gasteiger partial charge >= 0.3 is 11.8 Å². The maximum Gasteiger partial charge on any atom is 0.407 e. The molecule has 0 aromatic heterocycles. The summed E-state index contributed by atoms with van der Waals surface area (Å²) in [6.07, 6.45) is -0.586. The molecule has 0 aliphatic carbocycles. The van der Waals surface area contributed by atoms with E-state index in [-0.39, 0.29) is 6.61 Å². The average molecular weight is 226 g/mol. The molecule has 1 aromatic carbocycles. The number of carbonyl (C=O) groups excluding carboxylic acids is 1. The third-order valence-electron chi connectivity index (χ3n) is 2.24. The Morgan fingerprint density at radius 3 is 2.88 bits per heavy atom. The van der Waals surface area contributed by atoms with E-state index in [1.54, 1.807) is 0 Å². The number of carbonyl (C=O) groups is 1. The van der Waals surface area contributed by atoms with Crippen LogP contribution >= 0.6 is 0 Å². The molecule has 7 heteroatoms. The molecular formula is C9H7FN2O4. The van der Waals surface area contributed by atoms with Gasteiger partial charge in [-0.15, -0.1) is 0 Å². The topological polar surface area (TPSA) is 81.5 Å². The number of rotatable bonds is 2. The Balaban J connectivity index is 2.32. The maximum atomic E-state index is 13.0. The molecule has 1 fully saturated rings. The van der Waals surface area contributed by atoms with Crippen LogP contribution in [-0.4, -0.2) is 17.6 Å². The Morgan fingerprint density at radius 1 is 1.56 bits per heavy atom. The molecule has 6 nitrogen and oxygen atoms in total. The highest BCUT2D eigenvalue weighted by atomic mass is 19.1. The highest BCUT2D eigenvalue weighted by molar-refractivity contribution is 5.70. The largest absolute Gasteiger partial charge is 0.447 e. The van der Waals surface area contributed by atoms with Gasteiger partial charge in [0.15, 0.2) is 0 Å². The van der Waals surface area contributed by atoms with E-state index in [0.29, 0.717) is 5.56 Å². The van der Waals surface area contributed by atoms with E-state index in [1.807, 2.05) is 0 Å². The summed E-state index contributed by atoms with van der Waals surface area (Å²) < 4.78 is 17.7. The second-order valence-corrected chi connectivity index (χ2v) is 3.26. The van der Waals surface area contributed by atoms with E-state index in [0.717, 1.165) is 12.1 Å². The van der Waals surface area contributed by atoms with Crippen LogP contribution in [0.4, 0.5) is 14.9 Å². The van der Waals surface area contributed by atoms with Crippen molar-refractivity contribution in [2.75, 3.05) is 6.61 Å². The molecule has 16 heavy (non-hydrogen) atoms. The van der Waals surface area contributed by atoms with E-state index >= 15 is 0 Å². The number of hydrogen-bond donors (Lipinski definition) is 1. The van der Waals surface area contributed by atoms with E-state index in [9.17, 15) is 19.3 Å². The van der Waals surface area contributed by atoms with Gasteiger partial charge in [-0.3, -0.25) is 10.1 Å². The summed E-state index contributed by atoms with van der Waals surface area (Å²) in [6.45, 7) is 0.0849.